The highest BCUT2D eigenvalue weighted by atomic mass is 79.9. The van der Waals surface area contributed by atoms with E-state index in [9.17, 15) is 4.39 Å². The molecule has 0 heterocycles. The van der Waals surface area contributed by atoms with Gasteiger partial charge < -0.3 is 5.73 Å². The van der Waals surface area contributed by atoms with Crippen LogP contribution in [0.1, 0.15) is 76.3 Å². The Labute approximate surface area is 131 Å². The van der Waals surface area contributed by atoms with Crippen molar-refractivity contribution < 1.29 is 4.39 Å². The van der Waals surface area contributed by atoms with Gasteiger partial charge in [0.1, 0.15) is 5.82 Å². The number of rotatable bonds is 10. The molecule has 0 radical (unpaired) electrons. The molecule has 0 aliphatic heterocycles. The monoisotopic (exact) mass is 343 g/mol. The summed E-state index contributed by atoms with van der Waals surface area (Å²) in [7, 11) is 0. The van der Waals surface area contributed by atoms with Gasteiger partial charge in [0.2, 0.25) is 0 Å². The first-order valence-electron chi connectivity index (χ1n) is 7.85. The summed E-state index contributed by atoms with van der Waals surface area (Å²) in [5.41, 5.74) is 6.71. The SMILES string of the molecule is CCCCCCCCCCC(N)c1cc(Br)ccc1F. The predicted octanol–water partition coefficient (Wildman–Crippen LogP) is 6.12. The predicted molar refractivity (Wildman–Crippen MR) is 88.3 cm³/mol. The largest absolute Gasteiger partial charge is 0.324 e. The summed E-state index contributed by atoms with van der Waals surface area (Å²) in [4.78, 5) is 0. The Hall–Kier alpha value is -0.410. The molecule has 0 bridgehead atoms. The van der Waals surface area contributed by atoms with E-state index in [1.54, 1.807) is 12.1 Å². The van der Waals surface area contributed by atoms with E-state index in [0.717, 1.165) is 17.3 Å². The molecule has 114 valence electrons. The molecule has 0 saturated carbocycles. The molecule has 0 fully saturated rings. The molecule has 0 saturated heterocycles. The van der Waals surface area contributed by atoms with Crippen LogP contribution in [-0.2, 0) is 0 Å². The Morgan fingerprint density at radius 1 is 1.05 bits per heavy atom. The molecule has 1 aromatic rings. The first-order valence-corrected chi connectivity index (χ1v) is 8.65. The van der Waals surface area contributed by atoms with Crippen molar-refractivity contribution in [3.63, 3.8) is 0 Å². The molecule has 1 atom stereocenters. The van der Waals surface area contributed by atoms with E-state index in [2.05, 4.69) is 22.9 Å². The van der Waals surface area contributed by atoms with E-state index in [4.69, 9.17) is 5.73 Å². The average molecular weight is 344 g/mol. The molecule has 0 amide bonds. The maximum atomic E-state index is 13.7. The number of halogens is 2. The normalized spacial score (nSPS) is 12.6. The first-order chi connectivity index (χ1) is 9.65. The zero-order valence-electron chi connectivity index (χ0n) is 12.5. The summed E-state index contributed by atoms with van der Waals surface area (Å²) >= 11 is 3.37. The first kappa shape index (κ1) is 17.6. The summed E-state index contributed by atoms with van der Waals surface area (Å²) in [6, 6.07) is 4.80. The van der Waals surface area contributed by atoms with E-state index in [1.807, 2.05) is 0 Å². The zero-order chi connectivity index (χ0) is 14.8. The second kappa shape index (κ2) is 10.3. The molecule has 0 spiro atoms. The molecule has 20 heavy (non-hydrogen) atoms. The van der Waals surface area contributed by atoms with E-state index < -0.39 is 0 Å². The van der Waals surface area contributed by atoms with Gasteiger partial charge in [0, 0.05) is 16.1 Å². The lowest BCUT2D eigenvalue weighted by atomic mass is 10.00. The highest BCUT2D eigenvalue weighted by Gasteiger charge is 2.11. The van der Waals surface area contributed by atoms with Crippen LogP contribution in [0.2, 0.25) is 0 Å². The Morgan fingerprint density at radius 3 is 2.30 bits per heavy atom. The van der Waals surface area contributed by atoms with E-state index in [1.165, 1.54) is 51.0 Å². The van der Waals surface area contributed by atoms with Crippen molar-refractivity contribution >= 4 is 15.9 Å². The summed E-state index contributed by atoms with van der Waals surface area (Å²) < 4.78 is 14.6. The Morgan fingerprint density at radius 2 is 1.65 bits per heavy atom. The van der Waals surface area contributed by atoms with Gasteiger partial charge in [-0.25, -0.2) is 4.39 Å². The molecule has 1 unspecified atom stereocenters. The van der Waals surface area contributed by atoms with Crippen molar-refractivity contribution in [1.82, 2.24) is 0 Å². The minimum absolute atomic E-state index is 0.187. The van der Waals surface area contributed by atoms with Gasteiger partial charge >= 0.3 is 0 Å². The molecule has 1 nitrogen and oxygen atoms in total. The van der Waals surface area contributed by atoms with Crippen LogP contribution in [0.15, 0.2) is 22.7 Å². The summed E-state index contributed by atoms with van der Waals surface area (Å²) in [6.07, 6.45) is 11.1. The highest BCUT2D eigenvalue weighted by molar-refractivity contribution is 9.10. The van der Waals surface area contributed by atoms with Gasteiger partial charge in [0.15, 0.2) is 0 Å². The molecular formula is C17H27BrFN. The van der Waals surface area contributed by atoms with E-state index in [0.29, 0.717) is 5.56 Å². The Bertz CT molecular complexity index is 381. The van der Waals surface area contributed by atoms with Crippen LogP contribution >= 0.6 is 15.9 Å². The van der Waals surface area contributed by atoms with Gasteiger partial charge in [0.25, 0.3) is 0 Å². The Balaban J connectivity index is 2.17. The molecule has 1 rings (SSSR count). The van der Waals surface area contributed by atoms with Gasteiger partial charge in [-0.1, -0.05) is 74.2 Å². The van der Waals surface area contributed by atoms with Gasteiger partial charge in [-0.15, -0.1) is 0 Å². The molecule has 3 heteroatoms. The van der Waals surface area contributed by atoms with Gasteiger partial charge in [0.05, 0.1) is 0 Å². The van der Waals surface area contributed by atoms with Gasteiger partial charge in [-0.3, -0.25) is 0 Å². The van der Waals surface area contributed by atoms with Gasteiger partial charge in [-0.05, 0) is 24.6 Å². The van der Waals surface area contributed by atoms with Crippen LogP contribution in [0.25, 0.3) is 0 Å². The fraction of sp³-hybridized carbons (Fsp3) is 0.647. The summed E-state index contributed by atoms with van der Waals surface area (Å²) in [6.45, 7) is 2.24. The number of hydrogen-bond acceptors (Lipinski definition) is 1. The van der Waals surface area contributed by atoms with Crippen molar-refractivity contribution in [3.05, 3.63) is 34.1 Å². The van der Waals surface area contributed by atoms with Crippen molar-refractivity contribution in [2.75, 3.05) is 0 Å². The van der Waals surface area contributed by atoms with Gasteiger partial charge in [-0.2, -0.15) is 0 Å². The van der Waals surface area contributed by atoms with Crippen LogP contribution in [0.4, 0.5) is 4.39 Å². The topological polar surface area (TPSA) is 26.0 Å². The van der Waals surface area contributed by atoms with Crippen LogP contribution in [-0.4, -0.2) is 0 Å². The number of unbranched alkanes of at least 4 members (excludes halogenated alkanes) is 7. The zero-order valence-corrected chi connectivity index (χ0v) is 14.1. The minimum atomic E-state index is -0.194. The molecule has 0 aliphatic carbocycles. The third kappa shape index (κ3) is 6.85. The lowest BCUT2D eigenvalue weighted by Gasteiger charge is -2.13. The number of hydrogen-bond donors (Lipinski definition) is 1. The quantitative estimate of drug-likeness (QED) is 0.509. The third-order valence-corrected chi connectivity index (χ3v) is 4.22. The number of benzene rings is 1. The van der Waals surface area contributed by atoms with Crippen LogP contribution < -0.4 is 5.73 Å². The summed E-state index contributed by atoms with van der Waals surface area (Å²) in [5, 5.41) is 0. The van der Waals surface area contributed by atoms with E-state index in [-0.39, 0.29) is 11.9 Å². The maximum absolute atomic E-state index is 13.7. The molecule has 0 aromatic heterocycles. The van der Waals surface area contributed by atoms with Crippen LogP contribution in [0, 0.1) is 5.82 Å². The Kier molecular flexibility index (Phi) is 9.12. The average Bonchev–Trinajstić information content (AvgIpc) is 2.44. The molecular weight excluding hydrogens is 317 g/mol. The lowest BCUT2D eigenvalue weighted by molar-refractivity contribution is 0.517. The van der Waals surface area contributed by atoms with Crippen molar-refractivity contribution in [3.8, 4) is 0 Å². The molecule has 0 aliphatic rings. The fourth-order valence-electron chi connectivity index (χ4n) is 2.45. The van der Waals surface area contributed by atoms with Crippen molar-refractivity contribution in [2.45, 2.75) is 70.8 Å². The van der Waals surface area contributed by atoms with Crippen molar-refractivity contribution in [2.24, 2.45) is 5.73 Å². The number of nitrogens with two attached hydrogens (primary N) is 1. The maximum Gasteiger partial charge on any atom is 0.128 e. The second-order valence-corrected chi connectivity index (χ2v) is 6.45. The fourth-order valence-corrected chi connectivity index (χ4v) is 2.83. The third-order valence-electron chi connectivity index (χ3n) is 3.73. The minimum Gasteiger partial charge on any atom is -0.324 e. The highest BCUT2D eigenvalue weighted by Crippen LogP contribution is 2.24. The summed E-state index contributed by atoms with van der Waals surface area (Å²) in [5.74, 6) is -0.194. The van der Waals surface area contributed by atoms with E-state index >= 15 is 0 Å². The molecule has 1 aromatic carbocycles. The lowest BCUT2D eigenvalue weighted by Crippen LogP contribution is -2.12. The van der Waals surface area contributed by atoms with Crippen LogP contribution in [0.5, 0.6) is 0 Å². The second-order valence-electron chi connectivity index (χ2n) is 5.54. The smallest absolute Gasteiger partial charge is 0.128 e. The van der Waals surface area contributed by atoms with Crippen LogP contribution in [0.3, 0.4) is 0 Å². The molecule has 2 N–H and O–H groups in total. The standard InChI is InChI=1S/C17H27BrFN/c1-2-3-4-5-6-7-8-9-10-17(20)15-13-14(18)11-12-16(15)19/h11-13,17H,2-10,20H2,1H3. The van der Waals surface area contributed by atoms with Crippen molar-refractivity contribution in [1.29, 1.82) is 0 Å².